The zero-order valence-electron chi connectivity index (χ0n) is 12.8. The van der Waals surface area contributed by atoms with Gasteiger partial charge in [0.2, 0.25) is 0 Å². The zero-order chi connectivity index (χ0) is 15.5. The monoisotopic (exact) mass is 303 g/mol. The predicted molar refractivity (Wildman–Crippen MR) is 82.9 cm³/mol. The van der Waals surface area contributed by atoms with Crippen molar-refractivity contribution in [3.63, 3.8) is 0 Å². The molecule has 0 saturated carbocycles. The van der Waals surface area contributed by atoms with Crippen molar-refractivity contribution in [1.82, 2.24) is 14.7 Å². The van der Waals surface area contributed by atoms with Crippen LogP contribution >= 0.6 is 0 Å². The van der Waals surface area contributed by atoms with Crippen LogP contribution < -0.4 is 0 Å². The molecule has 0 spiro atoms. The Kier molecular flexibility index (Phi) is 4.55. The van der Waals surface area contributed by atoms with Crippen molar-refractivity contribution >= 4 is 0 Å². The van der Waals surface area contributed by atoms with Crippen molar-refractivity contribution in [3.8, 4) is 0 Å². The molecular weight excluding hydrogens is 281 g/mol. The van der Waals surface area contributed by atoms with Crippen molar-refractivity contribution in [2.75, 3.05) is 13.1 Å². The van der Waals surface area contributed by atoms with Crippen LogP contribution in [0.3, 0.4) is 0 Å². The number of β-amino-alcohol motifs (C(OH)–C–C–N with tert-alkyl or cyclic N) is 1. The van der Waals surface area contributed by atoms with Crippen LogP contribution in [0.1, 0.15) is 30.6 Å². The standard InChI is InChI=1S/C17H22FN3O/c1-2-21-15(7-9-19-21)8-10-20-12-16(22)11-17(20)13-3-5-14(18)6-4-13/h3-7,9,16-17,22H,2,8,10-12H2,1H3/t16-,17+/m1/s1. The van der Waals surface area contributed by atoms with E-state index in [2.05, 4.69) is 16.9 Å². The Morgan fingerprint density at radius 3 is 2.77 bits per heavy atom. The van der Waals surface area contributed by atoms with Gasteiger partial charge in [-0.15, -0.1) is 0 Å². The maximum atomic E-state index is 13.1. The van der Waals surface area contributed by atoms with E-state index in [1.165, 1.54) is 17.8 Å². The smallest absolute Gasteiger partial charge is 0.123 e. The summed E-state index contributed by atoms with van der Waals surface area (Å²) in [6.07, 6.45) is 3.12. The lowest BCUT2D eigenvalue weighted by molar-refractivity contribution is 0.175. The molecule has 0 bridgehead atoms. The molecule has 0 aliphatic carbocycles. The van der Waals surface area contributed by atoms with E-state index < -0.39 is 0 Å². The van der Waals surface area contributed by atoms with Gasteiger partial charge in [0.15, 0.2) is 0 Å². The Morgan fingerprint density at radius 2 is 2.05 bits per heavy atom. The summed E-state index contributed by atoms with van der Waals surface area (Å²) in [7, 11) is 0. The van der Waals surface area contributed by atoms with Gasteiger partial charge in [0.1, 0.15) is 5.82 Å². The summed E-state index contributed by atoms with van der Waals surface area (Å²) in [5, 5.41) is 14.3. The second-order valence-corrected chi connectivity index (χ2v) is 5.84. The highest BCUT2D eigenvalue weighted by atomic mass is 19.1. The quantitative estimate of drug-likeness (QED) is 0.922. The molecule has 1 aromatic carbocycles. The Balaban J connectivity index is 1.69. The summed E-state index contributed by atoms with van der Waals surface area (Å²) in [5.41, 5.74) is 2.28. The first-order chi connectivity index (χ1) is 10.7. The highest BCUT2D eigenvalue weighted by molar-refractivity contribution is 5.21. The van der Waals surface area contributed by atoms with E-state index in [9.17, 15) is 9.50 Å². The maximum absolute atomic E-state index is 13.1. The molecule has 1 aliphatic heterocycles. The number of aromatic nitrogens is 2. The third-order valence-corrected chi connectivity index (χ3v) is 4.40. The molecule has 1 N–H and O–H groups in total. The molecule has 4 nitrogen and oxygen atoms in total. The number of benzene rings is 1. The molecule has 118 valence electrons. The molecule has 2 heterocycles. The molecule has 0 amide bonds. The largest absolute Gasteiger partial charge is 0.392 e. The SMILES string of the molecule is CCn1nccc1CCN1C[C@H](O)C[C@H]1c1ccc(F)cc1. The average Bonchev–Trinajstić information content (AvgIpc) is 3.11. The highest BCUT2D eigenvalue weighted by Crippen LogP contribution is 2.32. The first kappa shape index (κ1) is 15.2. The van der Waals surface area contributed by atoms with E-state index in [4.69, 9.17) is 0 Å². The Morgan fingerprint density at radius 1 is 1.27 bits per heavy atom. The summed E-state index contributed by atoms with van der Waals surface area (Å²) in [6, 6.07) is 8.83. The molecule has 1 saturated heterocycles. The van der Waals surface area contributed by atoms with Gasteiger partial charge in [0.25, 0.3) is 0 Å². The number of nitrogens with zero attached hydrogens (tertiary/aromatic N) is 3. The van der Waals surface area contributed by atoms with Crippen LogP contribution in [-0.4, -0.2) is 39.0 Å². The lowest BCUT2D eigenvalue weighted by atomic mass is 10.0. The van der Waals surface area contributed by atoms with Gasteiger partial charge in [-0.1, -0.05) is 12.1 Å². The number of halogens is 1. The number of rotatable bonds is 5. The van der Waals surface area contributed by atoms with Crippen molar-refractivity contribution in [1.29, 1.82) is 0 Å². The second kappa shape index (κ2) is 6.58. The molecular formula is C17H22FN3O. The number of aryl methyl sites for hydroxylation is 1. The van der Waals surface area contributed by atoms with Crippen LogP contribution in [0.5, 0.6) is 0 Å². The first-order valence-corrected chi connectivity index (χ1v) is 7.85. The van der Waals surface area contributed by atoms with Crippen LogP contribution in [0.15, 0.2) is 36.5 Å². The number of aliphatic hydroxyl groups excluding tert-OH is 1. The van der Waals surface area contributed by atoms with E-state index in [1.807, 2.05) is 29.1 Å². The van der Waals surface area contributed by atoms with Gasteiger partial charge < -0.3 is 5.11 Å². The zero-order valence-corrected chi connectivity index (χ0v) is 12.8. The molecule has 22 heavy (non-hydrogen) atoms. The molecule has 0 radical (unpaired) electrons. The number of aliphatic hydroxyl groups is 1. The van der Waals surface area contributed by atoms with Crippen LogP contribution in [0.4, 0.5) is 4.39 Å². The van der Waals surface area contributed by atoms with Gasteiger partial charge in [-0.05, 0) is 37.1 Å². The summed E-state index contributed by atoms with van der Waals surface area (Å²) >= 11 is 0. The van der Waals surface area contributed by atoms with Gasteiger partial charge >= 0.3 is 0 Å². The molecule has 1 aliphatic rings. The summed E-state index contributed by atoms with van der Waals surface area (Å²) in [5.74, 6) is -0.222. The molecule has 3 rings (SSSR count). The van der Waals surface area contributed by atoms with Crippen LogP contribution in [0.25, 0.3) is 0 Å². The molecule has 2 atom stereocenters. The second-order valence-electron chi connectivity index (χ2n) is 5.84. The lowest BCUT2D eigenvalue weighted by Crippen LogP contribution is -2.27. The molecule has 0 unspecified atom stereocenters. The fourth-order valence-corrected chi connectivity index (χ4v) is 3.27. The van der Waals surface area contributed by atoms with Crippen molar-refractivity contribution in [2.45, 2.75) is 38.5 Å². The summed E-state index contributed by atoms with van der Waals surface area (Å²) < 4.78 is 15.1. The van der Waals surface area contributed by atoms with E-state index in [-0.39, 0.29) is 18.0 Å². The topological polar surface area (TPSA) is 41.3 Å². The fourth-order valence-electron chi connectivity index (χ4n) is 3.27. The van der Waals surface area contributed by atoms with E-state index in [1.54, 1.807) is 0 Å². The molecule has 1 fully saturated rings. The number of hydrogen-bond acceptors (Lipinski definition) is 3. The van der Waals surface area contributed by atoms with Crippen LogP contribution in [-0.2, 0) is 13.0 Å². The van der Waals surface area contributed by atoms with Gasteiger partial charge in [0.05, 0.1) is 6.10 Å². The van der Waals surface area contributed by atoms with Crippen LogP contribution in [0.2, 0.25) is 0 Å². The Labute approximate surface area is 130 Å². The number of likely N-dealkylation sites (tertiary alicyclic amines) is 1. The van der Waals surface area contributed by atoms with Crippen molar-refractivity contribution in [3.05, 3.63) is 53.6 Å². The molecule has 5 heteroatoms. The van der Waals surface area contributed by atoms with E-state index in [0.717, 1.165) is 25.1 Å². The predicted octanol–water partition coefficient (Wildman–Crippen LogP) is 2.39. The minimum Gasteiger partial charge on any atom is -0.392 e. The van der Waals surface area contributed by atoms with Crippen LogP contribution in [0, 0.1) is 5.82 Å². The van der Waals surface area contributed by atoms with E-state index >= 15 is 0 Å². The summed E-state index contributed by atoms with van der Waals surface area (Å²) in [6.45, 7) is 4.48. The van der Waals surface area contributed by atoms with Crippen molar-refractivity contribution < 1.29 is 9.50 Å². The minimum atomic E-state index is -0.314. The molecule has 1 aromatic heterocycles. The maximum Gasteiger partial charge on any atom is 0.123 e. The van der Waals surface area contributed by atoms with E-state index in [0.29, 0.717) is 13.0 Å². The molecule has 2 aromatic rings. The fraction of sp³-hybridized carbons (Fsp3) is 0.471. The van der Waals surface area contributed by atoms with Gasteiger partial charge in [-0.2, -0.15) is 5.10 Å². The number of hydrogen-bond donors (Lipinski definition) is 1. The lowest BCUT2D eigenvalue weighted by Gasteiger charge is -2.24. The van der Waals surface area contributed by atoms with Gasteiger partial charge in [-0.3, -0.25) is 9.58 Å². The van der Waals surface area contributed by atoms with Crippen molar-refractivity contribution in [2.24, 2.45) is 0 Å². The Hall–Kier alpha value is -1.72. The van der Waals surface area contributed by atoms with Gasteiger partial charge in [-0.25, -0.2) is 4.39 Å². The third kappa shape index (κ3) is 3.20. The average molecular weight is 303 g/mol. The normalized spacial score (nSPS) is 22.3. The minimum absolute atomic E-state index is 0.161. The Bertz CT molecular complexity index is 611. The first-order valence-electron chi connectivity index (χ1n) is 7.85. The van der Waals surface area contributed by atoms with Gasteiger partial charge in [0, 0.05) is 44.0 Å². The summed E-state index contributed by atoms with van der Waals surface area (Å²) in [4.78, 5) is 2.28. The third-order valence-electron chi connectivity index (χ3n) is 4.40. The highest BCUT2D eigenvalue weighted by Gasteiger charge is 2.31.